The van der Waals surface area contributed by atoms with Gasteiger partial charge in [0.2, 0.25) is 0 Å². The van der Waals surface area contributed by atoms with Crippen LogP contribution in [0.15, 0.2) is 18.2 Å². The number of piperidine rings is 1. The molecule has 2 aromatic rings. The summed E-state index contributed by atoms with van der Waals surface area (Å²) in [5.74, 6) is 2.26. The smallest absolute Gasteiger partial charge is 0.109 e. The Labute approximate surface area is 108 Å². The third kappa shape index (κ3) is 2.15. The van der Waals surface area contributed by atoms with E-state index in [1.807, 2.05) is 0 Å². The second-order valence-corrected chi connectivity index (χ2v) is 5.58. The van der Waals surface area contributed by atoms with E-state index in [0.717, 1.165) is 24.4 Å². The van der Waals surface area contributed by atoms with Crippen molar-refractivity contribution in [3.63, 3.8) is 0 Å². The first-order valence-corrected chi connectivity index (χ1v) is 6.94. The fourth-order valence-electron chi connectivity index (χ4n) is 2.73. The van der Waals surface area contributed by atoms with E-state index in [9.17, 15) is 0 Å². The molecule has 2 N–H and O–H groups in total. The van der Waals surface area contributed by atoms with Crippen LogP contribution in [-0.4, -0.2) is 23.1 Å². The summed E-state index contributed by atoms with van der Waals surface area (Å²) >= 11 is 0. The standard InChI is InChI=1S/C15H21N3/c1-10(2)15-17-13-4-3-12(9-14(13)18-15)11-5-7-16-8-6-11/h3-4,9-11,16H,5-8H2,1-2H3,(H,17,18). The van der Waals surface area contributed by atoms with Gasteiger partial charge in [-0.25, -0.2) is 4.98 Å². The highest BCUT2D eigenvalue weighted by Crippen LogP contribution is 2.28. The van der Waals surface area contributed by atoms with E-state index >= 15 is 0 Å². The molecular weight excluding hydrogens is 222 g/mol. The van der Waals surface area contributed by atoms with Crippen molar-refractivity contribution in [3.05, 3.63) is 29.6 Å². The number of benzene rings is 1. The predicted molar refractivity (Wildman–Crippen MR) is 75.0 cm³/mol. The fraction of sp³-hybridized carbons (Fsp3) is 0.533. The van der Waals surface area contributed by atoms with Gasteiger partial charge in [0.25, 0.3) is 0 Å². The van der Waals surface area contributed by atoms with E-state index < -0.39 is 0 Å². The van der Waals surface area contributed by atoms with E-state index in [2.05, 4.69) is 47.3 Å². The van der Waals surface area contributed by atoms with Gasteiger partial charge in [0.15, 0.2) is 0 Å². The fourth-order valence-corrected chi connectivity index (χ4v) is 2.73. The van der Waals surface area contributed by atoms with Gasteiger partial charge in [-0.05, 0) is 49.5 Å². The molecule has 1 aliphatic heterocycles. The van der Waals surface area contributed by atoms with Gasteiger partial charge in [-0.2, -0.15) is 0 Å². The van der Waals surface area contributed by atoms with Crippen LogP contribution in [0.25, 0.3) is 11.0 Å². The average molecular weight is 243 g/mol. The van der Waals surface area contributed by atoms with Crippen molar-refractivity contribution in [2.24, 2.45) is 0 Å². The summed E-state index contributed by atoms with van der Waals surface area (Å²) in [5, 5.41) is 3.42. The van der Waals surface area contributed by atoms with Crippen LogP contribution in [0.4, 0.5) is 0 Å². The van der Waals surface area contributed by atoms with Gasteiger partial charge in [0.05, 0.1) is 11.0 Å². The molecule has 1 aliphatic rings. The molecule has 18 heavy (non-hydrogen) atoms. The summed E-state index contributed by atoms with van der Waals surface area (Å²) in [5.41, 5.74) is 3.74. The minimum absolute atomic E-state index is 0.458. The number of nitrogens with one attached hydrogen (secondary N) is 2. The summed E-state index contributed by atoms with van der Waals surface area (Å²) in [6.07, 6.45) is 2.49. The molecule has 0 atom stereocenters. The summed E-state index contributed by atoms with van der Waals surface area (Å²) in [6.45, 7) is 6.63. The van der Waals surface area contributed by atoms with Gasteiger partial charge in [0.1, 0.15) is 5.82 Å². The number of aromatic amines is 1. The zero-order valence-corrected chi connectivity index (χ0v) is 11.2. The predicted octanol–water partition coefficient (Wildman–Crippen LogP) is 3.15. The third-order valence-electron chi connectivity index (χ3n) is 3.88. The largest absolute Gasteiger partial charge is 0.342 e. The third-order valence-corrected chi connectivity index (χ3v) is 3.88. The normalized spacial score (nSPS) is 17.7. The minimum Gasteiger partial charge on any atom is -0.342 e. The van der Waals surface area contributed by atoms with Crippen molar-refractivity contribution >= 4 is 11.0 Å². The van der Waals surface area contributed by atoms with Gasteiger partial charge in [-0.15, -0.1) is 0 Å². The van der Waals surface area contributed by atoms with Crippen molar-refractivity contribution in [3.8, 4) is 0 Å². The molecule has 1 fully saturated rings. The summed E-state index contributed by atoms with van der Waals surface area (Å²) in [4.78, 5) is 8.08. The molecule has 1 saturated heterocycles. The number of nitrogens with zero attached hydrogens (tertiary/aromatic N) is 1. The number of rotatable bonds is 2. The Bertz CT molecular complexity index is 536. The topological polar surface area (TPSA) is 40.7 Å². The maximum absolute atomic E-state index is 4.63. The van der Waals surface area contributed by atoms with Crippen LogP contribution >= 0.6 is 0 Å². The Morgan fingerprint density at radius 2 is 2.00 bits per heavy atom. The highest BCUT2D eigenvalue weighted by Gasteiger charge is 2.16. The molecule has 0 spiro atoms. The van der Waals surface area contributed by atoms with Crippen LogP contribution < -0.4 is 5.32 Å². The van der Waals surface area contributed by atoms with Gasteiger partial charge in [-0.1, -0.05) is 19.9 Å². The quantitative estimate of drug-likeness (QED) is 0.850. The number of hydrogen-bond donors (Lipinski definition) is 2. The van der Waals surface area contributed by atoms with Crippen LogP contribution in [0.3, 0.4) is 0 Å². The lowest BCUT2D eigenvalue weighted by atomic mass is 9.90. The first-order chi connectivity index (χ1) is 8.74. The van der Waals surface area contributed by atoms with Crippen LogP contribution in [0.5, 0.6) is 0 Å². The zero-order chi connectivity index (χ0) is 12.5. The molecule has 0 amide bonds. The molecule has 3 rings (SSSR count). The Morgan fingerprint density at radius 1 is 1.22 bits per heavy atom. The molecular formula is C15H21N3. The average Bonchev–Trinajstić information content (AvgIpc) is 2.82. The number of hydrogen-bond acceptors (Lipinski definition) is 2. The molecule has 0 radical (unpaired) electrons. The van der Waals surface area contributed by atoms with Crippen molar-refractivity contribution < 1.29 is 0 Å². The van der Waals surface area contributed by atoms with Crippen molar-refractivity contribution in [2.45, 2.75) is 38.5 Å². The van der Waals surface area contributed by atoms with Gasteiger partial charge in [0, 0.05) is 5.92 Å². The molecule has 1 aromatic carbocycles. The minimum atomic E-state index is 0.458. The van der Waals surface area contributed by atoms with Crippen LogP contribution in [0.1, 0.15) is 49.9 Å². The molecule has 0 bridgehead atoms. The molecule has 96 valence electrons. The van der Waals surface area contributed by atoms with E-state index in [4.69, 9.17) is 0 Å². The van der Waals surface area contributed by atoms with Crippen molar-refractivity contribution in [1.82, 2.24) is 15.3 Å². The molecule has 1 aromatic heterocycles. The van der Waals surface area contributed by atoms with Gasteiger partial charge < -0.3 is 10.3 Å². The number of imidazole rings is 1. The summed E-state index contributed by atoms with van der Waals surface area (Å²) < 4.78 is 0. The highest BCUT2D eigenvalue weighted by atomic mass is 14.9. The Hall–Kier alpha value is -1.35. The van der Waals surface area contributed by atoms with E-state index in [1.165, 1.54) is 23.9 Å². The molecule has 0 unspecified atom stereocenters. The molecule has 0 saturated carbocycles. The second-order valence-electron chi connectivity index (χ2n) is 5.58. The maximum Gasteiger partial charge on any atom is 0.109 e. The first-order valence-electron chi connectivity index (χ1n) is 6.94. The number of aromatic nitrogens is 2. The lowest BCUT2D eigenvalue weighted by molar-refractivity contribution is 0.460. The molecule has 3 nitrogen and oxygen atoms in total. The lowest BCUT2D eigenvalue weighted by Gasteiger charge is -2.22. The Kier molecular flexibility index (Phi) is 3.08. The number of H-pyrrole nitrogens is 1. The summed E-state index contributed by atoms with van der Waals surface area (Å²) in [6, 6.07) is 6.71. The maximum atomic E-state index is 4.63. The van der Waals surface area contributed by atoms with E-state index in [0.29, 0.717) is 11.8 Å². The van der Waals surface area contributed by atoms with Crippen LogP contribution in [-0.2, 0) is 0 Å². The zero-order valence-electron chi connectivity index (χ0n) is 11.2. The lowest BCUT2D eigenvalue weighted by Crippen LogP contribution is -2.26. The molecule has 3 heteroatoms. The van der Waals surface area contributed by atoms with Crippen molar-refractivity contribution in [1.29, 1.82) is 0 Å². The Morgan fingerprint density at radius 3 is 2.72 bits per heavy atom. The van der Waals surface area contributed by atoms with Crippen LogP contribution in [0, 0.1) is 0 Å². The van der Waals surface area contributed by atoms with E-state index in [1.54, 1.807) is 0 Å². The van der Waals surface area contributed by atoms with Crippen molar-refractivity contribution in [2.75, 3.05) is 13.1 Å². The Balaban J connectivity index is 1.94. The second kappa shape index (κ2) is 4.73. The monoisotopic (exact) mass is 243 g/mol. The highest BCUT2D eigenvalue weighted by molar-refractivity contribution is 5.76. The van der Waals surface area contributed by atoms with Gasteiger partial charge >= 0.3 is 0 Å². The SMILES string of the molecule is CC(C)c1nc2ccc(C3CCNCC3)cc2[nH]1. The van der Waals surface area contributed by atoms with E-state index in [-0.39, 0.29) is 0 Å². The molecule has 0 aliphatic carbocycles. The van der Waals surface area contributed by atoms with Crippen LogP contribution in [0.2, 0.25) is 0 Å². The molecule has 2 heterocycles. The van der Waals surface area contributed by atoms with Gasteiger partial charge in [-0.3, -0.25) is 0 Å². The number of fused-ring (bicyclic) bond motifs is 1. The summed E-state index contributed by atoms with van der Waals surface area (Å²) in [7, 11) is 0. The first kappa shape index (κ1) is 11.7.